The average Bonchev–Trinajstić information content (AvgIpc) is 2.80. The van der Waals surface area contributed by atoms with Gasteiger partial charge < -0.3 is 29.0 Å². The fourth-order valence-corrected chi connectivity index (χ4v) is 3.89. The van der Waals surface area contributed by atoms with Crippen LogP contribution >= 0.6 is 0 Å². The molecule has 0 aliphatic heterocycles. The fourth-order valence-electron chi connectivity index (χ4n) is 3.89. The summed E-state index contributed by atoms with van der Waals surface area (Å²) in [5.41, 5.74) is 1.82. The first-order valence-corrected chi connectivity index (χ1v) is 12.1. The highest BCUT2D eigenvalue weighted by Crippen LogP contribution is 2.30. The molecule has 1 aliphatic rings. The molecule has 35 heavy (non-hydrogen) atoms. The third-order valence-corrected chi connectivity index (χ3v) is 6.10. The number of methoxy groups -OCH3 is 1. The Kier molecular flexibility index (Phi) is 9.78. The first kappa shape index (κ1) is 26.3. The summed E-state index contributed by atoms with van der Waals surface area (Å²) >= 11 is 0. The van der Waals surface area contributed by atoms with Gasteiger partial charge in [-0.25, -0.2) is 9.59 Å². The maximum Gasteiger partial charge on any atom is 0.415 e. The third kappa shape index (κ3) is 7.89. The Morgan fingerprint density at radius 3 is 2.46 bits per heavy atom. The lowest BCUT2D eigenvalue weighted by molar-refractivity contribution is -0.149. The molecule has 1 saturated carbocycles. The van der Waals surface area contributed by atoms with Crippen molar-refractivity contribution in [3.05, 3.63) is 53.6 Å². The first-order valence-electron chi connectivity index (χ1n) is 12.1. The van der Waals surface area contributed by atoms with Crippen LogP contribution in [0.25, 0.3) is 0 Å². The molecule has 0 saturated heterocycles. The van der Waals surface area contributed by atoms with E-state index in [1.54, 1.807) is 43.2 Å². The van der Waals surface area contributed by atoms with Crippen molar-refractivity contribution in [3.8, 4) is 17.2 Å². The molecule has 0 radical (unpaired) electrons. The van der Waals surface area contributed by atoms with Gasteiger partial charge in [-0.1, -0.05) is 24.6 Å². The van der Waals surface area contributed by atoms with E-state index in [-0.39, 0.29) is 6.42 Å². The Bertz CT molecular complexity index is 972. The van der Waals surface area contributed by atoms with E-state index < -0.39 is 18.2 Å². The molecule has 8 heteroatoms. The molecule has 0 heterocycles. The summed E-state index contributed by atoms with van der Waals surface area (Å²) in [6.45, 7) is 5.37. The van der Waals surface area contributed by atoms with Crippen LogP contribution in [0.1, 0.15) is 37.3 Å². The summed E-state index contributed by atoms with van der Waals surface area (Å²) in [5, 5.41) is 9.25. The molecular formula is C27H35NO7. The number of hydrogen-bond donors (Lipinski definition) is 1. The Balaban J connectivity index is 1.56. The number of benzene rings is 2. The lowest BCUT2D eigenvalue weighted by Gasteiger charge is -2.31. The maximum atomic E-state index is 13.0. The van der Waals surface area contributed by atoms with Crippen molar-refractivity contribution in [2.24, 2.45) is 5.92 Å². The van der Waals surface area contributed by atoms with Crippen molar-refractivity contribution in [1.29, 1.82) is 0 Å². The molecular weight excluding hydrogens is 450 g/mol. The van der Waals surface area contributed by atoms with Crippen molar-refractivity contribution in [1.82, 2.24) is 4.90 Å². The lowest BCUT2D eigenvalue weighted by atomic mass is 9.85. The molecule has 1 amide bonds. The Morgan fingerprint density at radius 1 is 1.11 bits per heavy atom. The summed E-state index contributed by atoms with van der Waals surface area (Å²) in [4.78, 5) is 26.0. The third-order valence-electron chi connectivity index (χ3n) is 6.10. The number of rotatable bonds is 13. The van der Waals surface area contributed by atoms with Gasteiger partial charge in [-0.05, 0) is 68.0 Å². The zero-order chi connectivity index (χ0) is 25.2. The van der Waals surface area contributed by atoms with Crippen LogP contribution in [0.2, 0.25) is 0 Å². The number of carboxylic acids is 1. The van der Waals surface area contributed by atoms with Crippen LogP contribution in [0.4, 0.5) is 4.79 Å². The van der Waals surface area contributed by atoms with Crippen LogP contribution < -0.4 is 14.2 Å². The topological polar surface area (TPSA) is 94.5 Å². The van der Waals surface area contributed by atoms with Gasteiger partial charge in [0.05, 0.1) is 13.7 Å². The predicted molar refractivity (Wildman–Crippen MR) is 131 cm³/mol. The molecule has 0 aromatic heterocycles. The smallest absolute Gasteiger partial charge is 0.415 e. The Morgan fingerprint density at radius 2 is 1.86 bits per heavy atom. The number of ether oxygens (including phenoxy) is 4. The largest absolute Gasteiger partial charge is 0.493 e. The van der Waals surface area contributed by atoms with Crippen LogP contribution in [0.3, 0.4) is 0 Å². The van der Waals surface area contributed by atoms with Gasteiger partial charge in [-0.15, -0.1) is 0 Å². The number of carbonyl (C=O) groups is 2. The van der Waals surface area contributed by atoms with Gasteiger partial charge in [0.15, 0.2) is 17.6 Å². The van der Waals surface area contributed by atoms with Crippen molar-refractivity contribution in [2.45, 2.75) is 45.6 Å². The molecule has 1 fully saturated rings. The maximum absolute atomic E-state index is 13.0. The molecule has 2 aromatic rings. The predicted octanol–water partition coefficient (Wildman–Crippen LogP) is 4.72. The van der Waals surface area contributed by atoms with Gasteiger partial charge in [0, 0.05) is 19.6 Å². The normalized spacial score (nSPS) is 14.0. The molecule has 190 valence electrons. The molecule has 8 nitrogen and oxygen atoms in total. The number of amides is 1. The van der Waals surface area contributed by atoms with Gasteiger partial charge in [0.2, 0.25) is 0 Å². The lowest BCUT2D eigenvalue weighted by Crippen LogP contribution is -2.41. The van der Waals surface area contributed by atoms with Crippen LogP contribution in [-0.2, 0) is 16.0 Å². The van der Waals surface area contributed by atoms with Crippen molar-refractivity contribution in [2.75, 3.05) is 33.4 Å². The molecule has 1 aliphatic carbocycles. The zero-order valence-electron chi connectivity index (χ0n) is 20.7. The van der Waals surface area contributed by atoms with Gasteiger partial charge in [0.1, 0.15) is 12.4 Å². The first-order chi connectivity index (χ1) is 16.9. The Labute approximate surface area is 206 Å². The number of carbonyl (C=O) groups excluding carboxylic acids is 1. The van der Waals surface area contributed by atoms with Crippen LogP contribution in [0, 0.1) is 12.8 Å². The van der Waals surface area contributed by atoms with Gasteiger partial charge in [-0.3, -0.25) is 0 Å². The van der Waals surface area contributed by atoms with Crippen molar-refractivity contribution >= 4 is 12.1 Å². The number of aliphatic carboxylic acids is 1. The number of nitrogens with zero attached hydrogens (tertiary/aromatic N) is 1. The van der Waals surface area contributed by atoms with E-state index in [2.05, 4.69) is 0 Å². The minimum absolute atomic E-state index is 0.285. The van der Waals surface area contributed by atoms with Crippen molar-refractivity contribution in [3.63, 3.8) is 0 Å². The van der Waals surface area contributed by atoms with Gasteiger partial charge in [-0.2, -0.15) is 0 Å². The van der Waals surface area contributed by atoms with E-state index >= 15 is 0 Å². The van der Waals surface area contributed by atoms with Crippen LogP contribution in [-0.4, -0.2) is 61.6 Å². The summed E-state index contributed by atoms with van der Waals surface area (Å²) in [6.07, 6.45) is 2.40. The molecule has 1 N–H and O–H groups in total. The highest BCUT2D eigenvalue weighted by molar-refractivity contribution is 5.73. The second-order valence-corrected chi connectivity index (χ2v) is 8.74. The van der Waals surface area contributed by atoms with E-state index in [1.807, 2.05) is 25.1 Å². The standard InChI is InChI=1S/C27H35NO7/c1-4-33-25(26(29)30)17-20-9-11-22(12-10-20)34-15-14-28(18-21-6-5-7-21)27(31)35-24-16-19(2)8-13-23(24)32-3/h8-13,16,21,25H,4-7,14-15,17-18H2,1-3H3,(H,29,30). The fraction of sp³-hybridized carbons (Fsp3) is 0.481. The SMILES string of the molecule is CCOC(Cc1ccc(OCCN(CC2CCC2)C(=O)Oc2cc(C)ccc2OC)cc1)C(=O)O. The van der Waals surface area contributed by atoms with E-state index in [0.717, 1.165) is 24.0 Å². The highest BCUT2D eigenvalue weighted by atomic mass is 16.6. The summed E-state index contributed by atoms with van der Waals surface area (Å²) in [7, 11) is 1.55. The summed E-state index contributed by atoms with van der Waals surface area (Å²) in [5.74, 6) is 1.06. The summed E-state index contributed by atoms with van der Waals surface area (Å²) in [6, 6.07) is 12.7. The Hall–Kier alpha value is -3.26. The molecule has 0 bridgehead atoms. The molecule has 1 unspecified atom stereocenters. The molecule has 2 aromatic carbocycles. The minimum atomic E-state index is -0.978. The number of aryl methyl sites for hydroxylation is 1. The highest BCUT2D eigenvalue weighted by Gasteiger charge is 2.25. The van der Waals surface area contributed by atoms with E-state index in [4.69, 9.17) is 18.9 Å². The molecule has 0 spiro atoms. The second kappa shape index (κ2) is 13.0. The van der Waals surface area contributed by atoms with E-state index in [9.17, 15) is 14.7 Å². The number of carboxylic acid groups (broad SMARTS) is 1. The summed E-state index contributed by atoms with van der Waals surface area (Å²) < 4.78 is 22.2. The minimum Gasteiger partial charge on any atom is -0.493 e. The quantitative estimate of drug-likeness (QED) is 0.439. The van der Waals surface area contributed by atoms with Gasteiger partial charge in [0.25, 0.3) is 0 Å². The average molecular weight is 486 g/mol. The van der Waals surface area contributed by atoms with Crippen LogP contribution in [0.5, 0.6) is 17.2 Å². The monoisotopic (exact) mass is 485 g/mol. The van der Waals surface area contributed by atoms with Crippen LogP contribution in [0.15, 0.2) is 42.5 Å². The zero-order valence-corrected chi connectivity index (χ0v) is 20.7. The number of hydrogen-bond acceptors (Lipinski definition) is 6. The van der Waals surface area contributed by atoms with Gasteiger partial charge >= 0.3 is 12.1 Å². The van der Waals surface area contributed by atoms with E-state index in [1.165, 1.54) is 6.42 Å². The second-order valence-electron chi connectivity index (χ2n) is 8.74. The molecule has 1 atom stereocenters. The van der Waals surface area contributed by atoms with Crippen molar-refractivity contribution < 1.29 is 33.6 Å². The van der Waals surface area contributed by atoms with E-state index in [0.29, 0.717) is 49.5 Å². The molecule has 3 rings (SSSR count).